The Morgan fingerprint density at radius 2 is 2.00 bits per heavy atom. The van der Waals surface area contributed by atoms with E-state index in [9.17, 15) is 14.4 Å². The molecule has 2 atom stereocenters. The van der Waals surface area contributed by atoms with Gasteiger partial charge in [0.25, 0.3) is 5.91 Å². The van der Waals surface area contributed by atoms with Crippen LogP contribution in [0.4, 0.5) is 10.5 Å². The van der Waals surface area contributed by atoms with Gasteiger partial charge in [-0.05, 0) is 31.9 Å². The van der Waals surface area contributed by atoms with Gasteiger partial charge in [0.15, 0.2) is 0 Å². The summed E-state index contributed by atoms with van der Waals surface area (Å²) in [7, 11) is 0. The third kappa shape index (κ3) is 3.77. The first-order valence-electron chi connectivity index (χ1n) is 10.8. The molecule has 0 spiro atoms. The standard InChI is InChI=1S/C24H27N3O5/c1-4-24(17-9-7-6-8-10-17)22(29)27(23(30)26-24)14-21(28)25-18-13-19-16(11-15(3)32-19)12-20(18)31-5-2/h6-10,12-13,15H,4-5,11,14H2,1-3H3,(H,25,28)(H,26,30). The molecule has 8 nitrogen and oxygen atoms in total. The monoisotopic (exact) mass is 437 g/mol. The summed E-state index contributed by atoms with van der Waals surface area (Å²) in [6.07, 6.45) is 1.19. The normalized spacial score (nSPS) is 21.7. The minimum Gasteiger partial charge on any atom is -0.492 e. The zero-order chi connectivity index (χ0) is 22.9. The van der Waals surface area contributed by atoms with E-state index in [1.165, 1.54) is 0 Å². The lowest BCUT2D eigenvalue weighted by atomic mass is 9.87. The Labute approximate surface area is 186 Å². The maximum Gasteiger partial charge on any atom is 0.325 e. The number of ether oxygens (including phenoxy) is 2. The number of anilines is 1. The predicted molar refractivity (Wildman–Crippen MR) is 119 cm³/mol. The van der Waals surface area contributed by atoms with Crippen molar-refractivity contribution in [1.29, 1.82) is 0 Å². The van der Waals surface area contributed by atoms with Gasteiger partial charge in [0.2, 0.25) is 5.91 Å². The Balaban J connectivity index is 1.53. The van der Waals surface area contributed by atoms with Gasteiger partial charge in [-0.15, -0.1) is 0 Å². The van der Waals surface area contributed by atoms with Gasteiger partial charge in [0.05, 0.1) is 12.3 Å². The Morgan fingerprint density at radius 1 is 1.25 bits per heavy atom. The number of carbonyl (C=O) groups is 3. The molecule has 0 radical (unpaired) electrons. The van der Waals surface area contributed by atoms with Crippen molar-refractivity contribution < 1.29 is 23.9 Å². The van der Waals surface area contributed by atoms with E-state index in [-0.39, 0.29) is 6.10 Å². The highest BCUT2D eigenvalue weighted by atomic mass is 16.5. The number of carbonyl (C=O) groups excluding carboxylic acids is 3. The molecule has 0 aromatic heterocycles. The van der Waals surface area contributed by atoms with Crippen LogP contribution in [0.25, 0.3) is 0 Å². The largest absolute Gasteiger partial charge is 0.492 e. The fourth-order valence-corrected chi connectivity index (χ4v) is 4.28. The number of rotatable bonds is 7. The molecule has 0 saturated carbocycles. The molecule has 2 aliphatic heterocycles. The van der Waals surface area contributed by atoms with Gasteiger partial charge < -0.3 is 20.1 Å². The Kier molecular flexibility index (Phi) is 5.78. The summed E-state index contributed by atoms with van der Waals surface area (Å²) in [5.74, 6) is 0.282. The van der Waals surface area contributed by atoms with Gasteiger partial charge in [-0.3, -0.25) is 14.5 Å². The third-order valence-corrected chi connectivity index (χ3v) is 5.85. The molecule has 2 heterocycles. The summed E-state index contributed by atoms with van der Waals surface area (Å²) in [4.78, 5) is 39.7. The smallest absolute Gasteiger partial charge is 0.325 e. The van der Waals surface area contributed by atoms with Crippen LogP contribution in [0.2, 0.25) is 0 Å². The van der Waals surface area contributed by atoms with E-state index in [2.05, 4.69) is 10.6 Å². The average Bonchev–Trinajstić information content (AvgIpc) is 3.25. The fourth-order valence-electron chi connectivity index (χ4n) is 4.28. The van der Waals surface area contributed by atoms with Gasteiger partial charge >= 0.3 is 6.03 Å². The van der Waals surface area contributed by atoms with Crippen molar-refractivity contribution >= 4 is 23.5 Å². The van der Waals surface area contributed by atoms with Crippen LogP contribution < -0.4 is 20.1 Å². The van der Waals surface area contributed by atoms with Crippen LogP contribution in [0, 0.1) is 0 Å². The molecule has 4 rings (SSSR count). The van der Waals surface area contributed by atoms with Crippen molar-refractivity contribution in [1.82, 2.24) is 10.2 Å². The third-order valence-electron chi connectivity index (χ3n) is 5.85. The summed E-state index contributed by atoms with van der Waals surface area (Å²) in [5, 5.41) is 5.56. The van der Waals surface area contributed by atoms with E-state index in [0.29, 0.717) is 35.8 Å². The highest BCUT2D eigenvalue weighted by Gasteiger charge is 2.51. The topological polar surface area (TPSA) is 97.0 Å². The second-order valence-electron chi connectivity index (χ2n) is 8.02. The van der Waals surface area contributed by atoms with Gasteiger partial charge in [-0.25, -0.2) is 4.79 Å². The van der Waals surface area contributed by atoms with Gasteiger partial charge in [-0.2, -0.15) is 0 Å². The zero-order valence-electron chi connectivity index (χ0n) is 18.4. The first-order valence-corrected chi connectivity index (χ1v) is 10.8. The predicted octanol–water partition coefficient (Wildman–Crippen LogP) is 3.20. The van der Waals surface area contributed by atoms with E-state index in [0.717, 1.165) is 16.9 Å². The number of hydrogen-bond acceptors (Lipinski definition) is 5. The lowest BCUT2D eigenvalue weighted by molar-refractivity contribution is -0.134. The first kappa shape index (κ1) is 21.7. The second-order valence-corrected chi connectivity index (χ2v) is 8.02. The first-order chi connectivity index (χ1) is 15.4. The minimum atomic E-state index is -1.17. The van der Waals surface area contributed by atoms with Crippen LogP contribution in [0.1, 0.15) is 38.3 Å². The molecular formula is C24H27N3O5. The molecule has 32 heavy (non-hydrogen) atoms. The van der Waals surface area contributed by atoms with Gasteiger partial charge in [0.1, 0.15) is 29.7 Å². The molecule has 2 aromatic rings. The van der Waals surface area contributed by atoms with Crippen LogP contribution in [-0.4, -0.2) is 42.0 Å². The number of fused-ring (bicyclic) bond motifs is 1. The number of hydrogen-bond donors (Lipinski definition) is 2. The second kappa shape index (κ2) is 8.53. The molecule has 2 unspecified atom stereocenters. The maximum atomic E-state index is 13.2. The van der Waals surface area contributed by atoms with Crippen molar-refractivity contribution in [3.63, 3.8) is 0 Å². The molecular weight excluding hydrogens is 410 g/mol. The van der Waals surface area contributed by atoms with Crippen molar-refractivity contribution in [3.8, 4) is 11.5 Å². The number of imide groups is 1. The van der Waals surface area contributed by atoms with E-state index in [1.54, 1.807) is 18.2 Å². The maximum absolute atomic E-state index is 13.2. The molecule has 0 aliphatic carbocycles. The molecule has 1 fully saturated rings. The Bertz CT molecular complexity index is 1060. The van der Waals surface area contributed by atoms with Gasteiger partial charge in [0, 0.05) is 18.1 Å². The molecule has 1 saturated heterocycles. The zero-order valence-corrected chi connectivity index (χ0v) is 18.4. The summed E-state index contributed by atoms with van der Waals surface area (Å²) in [5.41, 5.74) is 0.976. The SMILES string of the molecule is CCOc1cc2c(cc1NC(=O)CN1C(=O)NC(CC)(c3ccccc3)C1=O)OC(C)C2. The average molecular weight is 437 g/mol. The number of amides is 4. The Morgan fingerprint density at radius 3 is 2.69 bits per heavy atom. The van der Waals surface area contributed by atoms with Crippen molar-refractivity contribution in [2.24, 2.45) is 0 Å². The molecule has 8 heteroatoms. The molecule has 2 aromatic carbocycles. The van der Waals surface area contributed by atoms with E-state index in [1.807, 2.05) is 45.0 Å². The highest BCUT2D eigenvalue weighted by molar-refractivity contribution is 6.10. The lowest BCUT2D eigenvalue weighted by Gasteiger charge is -2.25. The molecule has 2 aliphatic rings. The van der Waals surface area contributed by atoms with Crippen molar-refractivity contribution in [2.75, 3.05) is 18.5 Å². The van der Waals surface area contributed by atoms with Crippen LogP contribution in [0.3, 0.4) is 0 Å². The van der Waals surface area contributed by atoms with Crippen LogP contribution in [0.5, 0.6) is 11.5 Å². The molecule has 2 N–H and O–H groups in total. The fraction of sp³-hybridized carbons (Fsp3) is 0.375. The summed E-state index contributed by atoms with van der Waals surface area (Å²) in [6, 6.07) is 12.1. The van der Waals surface area contributed by atoms with E-state index < -0.39 is 29.9 Å². The van der Waals surface area contributed by atoms with Gasteiger partial charge in [-0.1, -0.05) is 37.3 Å². The van der Waals surface area contributed by atoms with E-state index >= 15 is 0 Å². The Hall–Kier alpha value is -3.55. The van der Waals surface area contributed by atoms with Crippen LogP contribution >= 0.6 is 0 Å². The number of benzene rings is 2. The van der Waals surface area contributed by atoms with Crippen molar-refractivity contribution in [3.05, 3.63) is 53.6 Å². The minimum absolute atomic E-state index is 0.0523. The van der Waals surface area contributed by atoms with Crippen LogP contribution in [0.15, 0.2) is 42.5 Å². The summed E-state index contributed by atoms with van der Waals surface area (Å²) >= 11 is 0. The van der Waals surface area contributed by atoms with Crippen molar-refractivity contribution in [2.45, 2.75) is 45.3 Å². The van der Waals surface area contributed by atoms with E-state index in [4.69, 9.17) is 9.47 Å². The number of nitrogens with one attached hydrogen (secondary N) is 2. The lowest BCUT2D eigenvalue weighted by Crippen LogP contribution is -2.44. The highest BCUT2D eigenvalue weighted by Crippen LogP contribution is 2.38. The molecule has 0 bridgehead atoms. The summed E-state index contributed by atoms with van der Waals surface area (Å²) in [6.45, 7) is 5.69. The molecule has 168 valence electrons. The number of nitrogens with zero attached hydrogens (tertiary/aromatic N) is 1. The summed E-state index contributed by atoms with van der Waals surface area (Å²) < 4.78 is 11.5. The quantitative estimate of drug-likeness (QED) is 0.649. The van der Waals surface area contributed by atoms with Crippen LogP contribution in [-0.2, 0) is 21.5 Å². The molecule has 4 amide bonds. The number of urea groups is 1.